The molecule has 12 heavy (non-hydrogen) atoms. The van der Waals surface area contributed by atoms with Crippen LogP contribution in [0.3, 0.4) is 0 Å². The van der Waals surface area contributed by atoms with Crippen LogP contribution in [-0.4, -0.2) is 9.97 Å². The lowest BCUT2D eigenvalue weighted by atomic mass is 10.3. The molecule has 5 heteroatoms. The fourth-order valence-corrected chi connectivity index (χ4v) is 1.62. The van der Waals surface area contributed by atoms with Crippen molar-refractivity contribution >= 4 is 38.6 Å². The largest absolute Gasteiger partial charge is 0.345 e. The standard InChI is InChI=1S/C7H3BrClFN2/c8-3-1-11-7-5(3)6(10)4(9)2-12-7/h1-2H,(H,11,12). The van der Waals surface area contributed by atoms with Gasteiger partial charge in [-0.25, -0.2) is 9.37 Å². The third kappa shape index (κ3) is 1.03. The van der Waals surface area contributed by atoms with E-state index in [1.165, 1.54) is 6.20 Å². The van der Waals surface area contributed by atoms with Crippen LogP contribution < -0.4 is 0 Å². The van der Waals surface area contributed by atoms with E-state index in [0.717, 1.165) is 0 Å². The fourth-order valence-electron chi connectivity index (χ4n) is 0.997. The Bertz CT molecular complexity index is 440. The lowest BCUT2D eigenvalue weighted by Gasteiger charge is -1.94. The highest BCUT2D eigenvalue weighted by atomic mass is 79.9. The van der Waals surface area contributed by atoms with Crippen molar-refractivity contribution in [3.63, 3.8) is 0 Å². The highest BCUT2D eigenvalue weighted by molar-refractivity contribution is 9.10. The van der Waals surface area contributed by atoms with Gasteiger partial charge in [-0.15, -0.1) is 0 Å². The van der Waals surface area contributed by atoms with Crippen molar-refractivity contribution in [1.29, 1.82) is 0 Å². The molecule has 0 unspecified atom stereocenters. The Balaban J connectivity index is 2.96. The van der Waals surface area contributed by atoms with Crippen LogP contribution in [0.15, 0.2) is 16.9 Å². The summed E-state index contributed by atoms with van der Waals surface area (Å²) in [5.41, 5.74) is 0.490. The van der Waals surface area contributed by atoms with E-state index < -0.39 is 5.82 Å². The number of hydrogen-bond acceptors (Lipinski definition) is 1. The summed E-state index contributed by atoms with van der Waals surface area (Å²) in [6.45, 7) is 0. The van der Waals surface area contributed by atoms with Gasteiger partial charge in [-0.1, -0.05) is 11.6 Å². The SMILES string of the molecule is Fc1c(Cl)cnc2[nH]cc(Br)c12. The Morgan fingerprint density at radius 1 is 1.58 bits per heavy atom. The molecule has 2 heterocycles. The monoisotopic (exact) mass is 248 g/mol. The van der Waals surface area contributed by atoms with E-state index in [-0.39, 0.29) is 5.02 Å². The maximum Gasteiger partial charge on any atom is 0.155 e. The molecule has 0 aliphatic carbocycles. The zero-order chi connectivity index (χ0) is 8.72. The number of rotatable bonds is 0. The quantitative estimate of drug-likeness (QED) is 0.763. The molecule has 1 N–H and O–H groups in total. The number of H-pyrrole nitrogens is 1. The van der Waals surface area contributed by atoms with E-state index >= 15 is 0 Å². The molecule has 0 saturated heterocycles. The van der Waals surface area contributed by atoms with Gasteiger partial charge in [0.15, 0.2) is 5.82 Å². The van der Waals surface area contributed by atoms with Crippen molar-refractivity contribution in [2.24, 2.45) is 0 Å². The molecule has 0 amide bonds. The highest BCUT2D eigenvalue weighted by Gasteiger charge is 2.10. The van der Waals surface area contributed by atoms with Crippen LogP contribution in [0.1, 0.15) is 0 Å². The topological polar surface area (TPSA) is 28.7 Å². The van der Waals surface area contributed by atoms with Crippen LogP contribution in [0.5, 0.6) is 0 Å². The first-order chi connectivity index (χ1) is 5.70. The number of aromatic nitrogens is 2. The predicted molar refractivity (Wildman–Crippen MR) is 48.8 cm³/mol. The molecule has 2 aromatic heterocycles. The number of nitrogens with zero attached hydrogens (tertiary/aromatic N) is 1. The molecule has 62 valence electrons. The van der Waals surface area contributed by atoms with Gasteiger partial charge in [0.1, 0.15) is 5.65 Å². The summed E-state index contributed by atoms with van der Waals surface area (Å²) in [6.07, 6.45) is 2.90. The molecule has 0 atom stereocenters. The Hall–Kier alpha value is -0.610. The summed E-state index contributed by atoms with van der Waals surface area (Å²) in [7, 11) is 0. The van der Waals surface area contributed by atoms with Gasteiger partial charge in [0.2, 0.25) is 0 Å². The minimum atomic E-state index is -0.449. The van der Waals surface area contributed by atoms with Crippen molar-refractivity contribution in [2.75, 3.05) is 0 Å². The summed E-state index contributed by atoms with van der Waals surface area (Å²) >= 11 is 8.73. The summed E-state index contributed by atoms with van der Waals surface area (Å²) in [6, 6.07) is 0. The van der Waals surface area contributed by atoms with Gasteiger partial charge in [0, 0.05) is 10.7 Å². The van der Waals surface area contributed by atoms with E-state index in [1.54, 1.807) is 6.20 Å². The van der Waals surface area contributed by atoms with Crippen LogP contribution in [-0.2, 0) is 0 Å². The summed E-state index contributed by atoms with van der Waals surface area (Å²) < 4.78 is 13.9. The van der Waals surface area contributed by atoms with Gasteiger partial charge in [0.25, 0.3) is 0 Å². The third-order valence-electron chi connectivity index (χ3n) is 1.55. The van der Waals surface area contributed by atoms with Gasteiger partial charge in [-0.05, 0) is 15.9 Å². The van der Waals surface area contributed by atoms with Gasteiger partial charge in [-0.2, -0.15) is 0 Å². The third-order valence-corrected chi connectivity index (χ3v) is 2.44. The number of pyridine rings is 1. The second kappa shape index (κ2) is 2.71. The van der Waals surface area contributed by atoms with Crippen molar-refractivity contribution in [2.45, 2.75) is 0 Å². The molecule has 2 rings (SSSR count). The van der Waals surface area contributed by atoms with Crippen molar-refractivity contribution in [1.82, 2.24) is 9.97 Å². The average molecular weight is 249 g/mol. The summed E-state index contributed by atoms with van der Waals surface area (Å²) in [5.74, 6) is -0.449. The van der Waals surface area contributed by atoms with Gasteiger partial charge in [-0.3, -0.25) is 0 Å². The van der Waals surface area contributed by atoms with Crippen molar-refractivity contribution < 1.29 is 4.39 Å². The second-order valence-corrected chi connectivity index (χ2v) is 3.54. The normalized spacial score (nSPS) is 10.9. The van der Waals surface area contributed by atoms with Crippen LogP contribution in [0.25, 0.3) is 11.0 Å². The molecular weight excluding hydrogens is 246 g/mol. The molecule has 0 aliphatic heterocycles. The van der Waals surface area contributed by atoms with E-state index in [1.807, 2.05) is 0 Å². The summed E-state index contributed by atoms with van der Waals surface area (Å²) in [5, 5.41) is 0.422. The molecule has 0 fully saturated rings. The lowest BCUT2D eigenvalue weighted by Crippen LogP contribution is -1.82. The van der Waals surface area contributed by atoms with Gasteiger partial charge in [0.05, 0.1) is 16.6 Å². The zero-order valence-electron chi connectivity index (χ0n) is 5.74. The maximum atomic E-state index is 13.3. The number of fused-ring (bicyclic) bond motifs is 1. The molecule has 0 aromatic carbocycles. The minimum absolute atomic E-state index is 0.0304. The first-order valence-electron chi connectivity index (χ1n) is 3.16. The second-order valence-electron chi connectivity index (χ2n) is 2.28. The molecule has 0 saturated carbocycles. The fraction of sp³-hybridized carbons (Fsp3) is 0. The number of nitrogens with one attached hydrogen (secondary N) is 1. The average Bonchev–Trinajstić information content (AvgIpc) is 2.41. The maximum absolute atomic E-state index is 13.3. The minimum Gasteiger partial charge on any atom is -0.345 e. The molecule has 0 spiro atoms. The smallest absolute Gasteiger partial charge is 0.155 e. The molecule has 0 radical (unpaired) electrons. The van der Waals surface area contributed by atoms with Crippen LogP contribution in [0, 0.1) is 5.82 Å². The highest BCUT2D eigenvalue weighted by Crippen LogP contribution is 2.28. The molecule has 0 bridgehead atoms. The number of halogens is 3. The summed E-state index contributed by atoms with van der Waals surface area (Å²) in [4.78, 5) is 6.70. The van der Waals surface area contributed by atoms with Crippen molar-refractivity contribution in [3.05, 3.63) is 27.7 Å². The zero-order valence-corrected chi connectivity index (χ0v) is 8.08. The Kier molecular flexibility index (Phi) is 1.81. The van der Waals surface area contributed by atoms with E-state index in [0.29, 0.717) is 15.5 Å². The Labute approximate surface area is 80.9 Å². The van der Waals surface area contributed by atoms with Gasteiger partial charge >= 0.3 is 0 Å². The molecular formula is C7H3BrClFN2. The van der Waals surface area contributed by atoms with Gasteiger partial charge < -0.3 is 4.98 Å². The number of aromatic amines is 1. The van der Waals surface area contributed by atoms with Crippen LogP contribution >= 0.6 is 27.5 Å². The Morgan fingerprint density at radius 2 is 2.33 bits per heavy atom. The van der Waals surface area contributed by atoms with E-state index in [9.17, 15) is 4.39 Å². The van der Waals surface area contributed by atoms with Crippen LogP contribution in [0.4, 0.5) is 4.39 Å². The first-order valence-corrected chi connectivity index (χ1v) is 4.34. The first kappa shape index (κ1) is 8.01. The van der Waals surface area contributed by atoms with E-state index in [4.69, 9.17) is 11.6 Å². The molecule has 2 aromatic rings. The lowest BCUT2D eigenvalue weighted by molar-refractivity contribution is 0.638. The van der Waals surface area contributed by atoms with E-state index in [2.05, 4.69) is 25.9 Å². The molecule has 2 nitrogen and oxygen atoms in total. The Morgan fingerprint density at radius 3 is 3.08 bits per heavy atom. The predicted octanol–water partition coefficient (Wildman–Crippen LogP) is 3.12. The van der Waals surface area contributed by atoms with Crippen LogP contribution in [0.2, 0.25) is 5.02 Å². The number of hydrogen-bond donors (Lipinski definition) is 1. The molecule has 0 aliphatic rings. The van der Waals surface area contributed by atoms with Crippen molar-refractivity contribution in [3.8, 4) is 0 Å².